The van der Waals surface area contributed by atoms with E-state index in [9.17, 15) is 14.4 Å². The molecule has 0 aliphatic carbocycles. The summed E-state index contributed by atoms with van der Waals surface area (Å²) in [5, 5.41) is 0. The average Bonchev–Trinajstić information content (AvgIpc) is 3.11. The fraction of sp³-hybridized carbons (Fsp3) is 0.0690. The van der Waals surface area contributed by atoms with Gasteiger partial charge in [-0.1, -0.05) is 52.3 Å². The third-order valence-electron chi connectivity index (χ3n) is 6.27. The second-order valence-corrected chi connectivity index (χ2v) is 10.2. The number of anilines is 2. The van der Waals surface area contributed by atoms with Crippen LogP contribution >= 0.6 is 31.9 Å². The molecule has 5 rings (SSSR count). The molecule has 0 N–H and O–H groups in total. The molecule has 0 spiro atoms. The number of nitrogens with zero attached hydrogens (tertiary/aromatic N) is 3. The first-order valence-electron chi connectivity index (χ1n) is 11.5. The number of para-hydroxylation sites is 2. The highest BCUT2D eigenvalue weighted by molar-refractivity contribution is 9.10. The van der Waals surface area contributed by atoms with Gasteiger partial charge in [-0.05, 0) is 84.4 Å². The number of barbiturate groups is 1. The Morgan fingerprint density at radius 1 is 0.622 bits per heavy atom. The first kappa shape index (κ1) is 24.9. The van der Waals surface area contributed by atoms with E-state index in [4.69, 9.17) is 0 Å². The monoisotopic (exact) mass is 617 g/mol. The lowest BCUT2D eigenvalue weighted by Crippen LogP contribution is -2.57. The number of amides is 4. The van der Waals surface area contributed by atoms with Gasteiger partial charge in [-0.25, -0.2) is 14.6 Å². The minimum atomic E-state index is -0.719. The van der Waals surface area contributed by atoms with Crippen LogP contribution in [0.4, 0.5) is 16.2 Å². The lowest BCUT2D eigenvalue weighted by atomic mass is 10.0. The van der Waals surface area contributed by atoms with Crippen molar-refractivity contribution in [3.8, 4) is 5.69 Å². The van der Waals surface area contributed by atoms with Gasteiger partial charge in [0.05, 0.1) is 11.4 Å². The van der Waals surface area contributed by atoms with E-state index in [0.29, 0.717) is 16.9 Å². The van der Waals surface area contributed by atoms with Gasteiger partial charge in [0.15, 0.2) is 0 Å². The molecule has 1 aliphatic heterocycles. The van der Waals surface area contributed by atoms with Crippen molar-refractivity contribution in [1.29, 1.82) is 0 Å². The zero-order valence-electron chi connectivity index (χ0n) is 20.0. The summed E-state index contributed by atoms with van der Waals surface area (Å²) in [4.78, 5) is 43.0. The molecule has 4 aromatic rings. The fourth-order valence-corrected chi connectivity index (χ4v) is 5.30. The van der Waals surface area contributed by atoms with Crippen molar-refractivity contribution >= 4 is 67.2 Å². The van der Waals surface area contributed by atoms with Crippen molar-refractivity contribution in [2.24, 2.45) is 0 Å². The van der Waals surface area contributed by atoms with Crippen molar-refractivity contribution in [3.05, 3.63) is 116 Å². The number of imide groups is 2. The molecule has 0 atom stereocenters. The number of urea groups is 1. The molecule has 37 heavy (non-hydrogen) atoms. The summed E-state index contributed by atoms with van der Waals surface area (Å²) >= 11 is 7.14. The Labute approximate surface area is 231 Å². The number of benzene rings is 3. The van der Waals surface area contributed by atoms with Crippen LogP contribution in [0.3, 0.4) is 0 Å². The number of carbonyl (C=O) groups excluding carboxylic acids is 3. The Bertz CT molecular complexity index is 1500. The number of hydrogen-bond acceptors (Lipinski definition) is 3. The minimum Gasteiger partial charge on any atom is -0.317 e. The van der Waals surface area contributed by atoms with Crippen molar-refractivity contribution in [2.75, 3.05) is 9.80 Å². The molecular formula is C29H21Br2N3O3. The molecule has 0 radical (unpaired) electrons. The largest absolute Gasteiger partial charge is 0.343 e. The maximum absolute atomic E-state index is 13.7. The van der Waals surface area contributed by atoms with Gasteiger partial charge in [0.1, 0.15) is 5.57 Å². The highest BCUT2D eigenvalue weighted by Gasteiger charge is 2.44. The number of hydrogen-bond donors (Lipinski definition) is 0. The van der Waals surface area contributed by atoms with Crippen LogP contribution in [0.2, 0.25) is 0 Å². The van der Waals surface area contributed by atoms with Crippen molar-refractivity contribution in [1.82, 2.24) is 4.57 Å². The molecular weight excluding hydrogens is 598 g/mol. The van der Waals surface area contributed by atoms with Crippen LogP contribution in [-0.2, 0) is 9.59 Å². The Hall–Kier alpha value is -3.75. The van der Waals surface area contributed by atoms with Gasteiger partial charge in [-0.3, -0.25) is 9.59 Å². The summed E-state index contributed by atoms with van der Waals surface area (Å²) in [6, 6.07) is 24.4. The van der Waals surface area contributed by atoms with Gasteiger partial charge >= 0.3 is 6.03 Å². The zero-order valence-corrected chi connectivity index (χ0v) is 23.2. The van der Waals surface area contributed by atoms with Crippen LogP contribution in [0.1, 0.15) is 17.0 Å². The number of aromatic nitrogens is 1. The maximum atomic E-state index is 13.7. The third kappa shape index (κ3) is 4.36. The zero-order chi connectivity index (χ0) is 26.3. The van der Waals surface area contributed by atoms with Crippen LogP contribution in [0.25, 0.3) is 11.8 Å². The van der Waals surface area contributed by atoms with Crippen molar-refractivity contribution in [2.45, 2.75) is 13.8 Å². The summed E-state index contributed by atoms with van der Waals surface area (Å²) in [6.45, 7) is 3.89. The van der Waals surface area contributed by atoms with Gasteiger partial charge < -0.3 is 4.57 Å². The number of halogens is 2. The van der Waals surface area contributed by atoms with Gasteiger partial charge in [-0.2, -0.15) is 0 Å². The van der Waals surface area contributed by atoms with E-state index in [0.717, 1.165) is 35.8 Å². The van der Waals surface area contributed by atoms with Gasteiger partial charge in [-0.15, -0.1) is 0 Å². The average molecular weight is 619 g/mol. The lowest BCUT2D eigenvalue weighted by molar-refractivity contribution is -0.121. The Kier molecular flexibility index (Phi) is 6.70. The summed E-state index contributed by atoms with van der Waals surface area (Å²) in [6.07, 6.45) is 1.57. The van der Waals surface area contributed by atoms with Crippen molar-refractivity contribution < 1.29 is 14.4 Å². The highest BCUT2D eigenvalue weighted by atomic mass is 79.9. The fourth-order valence-electron chi connectivity index (χ4n) is 4.45. The second-order valence-electron chi connectivity index (χ2n) is 8.50. The van der Waals surface area contributed by atoms with Crippen LogP contribution < -0.4 is 9.80 Å². The van der Waals surface area contributed by atoms with Gasteiger partial charge in [0.25, 0.3) is 11.8 Å². The number of rotatable bonds is 4. The molecule has 1 fully saturated rings. The minimum absolute atomic E-state index is 0.107. The van der Waals surface area contributed by atoms with Gasteiger partial charge in [0, 0.05) is 31.6 Å². The summed E-state index contributed by atoms with van der Waals surface area (Å²) < 4.78 is 3.77. The van der Waals surface area contributed by atoms with Crippen LogP contribution in [0.5, 0.6) is 0 Å². The molecule has 4 amide bonds. The first-order valence-corrected chi connectivity index (χ1v) is 13.1. The van der Waals surface area contributed by atoms with Crippen LogP contribution in [0, 0.1) is 13.8 Å². The third-order valence-corrected chi connectivity index (χ3v) is 7.80. The normalized spacial score (nSPS) is 13.9. The lowest BCUT2D eigenvalue weighted by Gasteiger charge is -2.33. The molecule has 6 nitrogen and oxygen atoms in total. The SMILES string of the molecule is Cc1c(Br)c(C=C2C(=O)N(c3ccccc3)C(=O)N(c3ccccc3)C2=O)c(C)n1-c1ccc(Br)cc1. The molecule has 1 aliphatic rings. The predicted molar refractivity (Wildman–Crippen MR) is 152 cm³/mol. The molecule has 8 heteroatoms. The van der Waals surface area contributed by atoms with Crippen molar-refractivity contribution in [3.63, 3.8) is 0 Å². The molecule has 0 saturated carbocycles. The molecule has 0 bridgehead atoms. The molecule has 0 unspecified atom stereocenters. The van der Waals surface area contributed by atoms with E-state index in [1.54, 1.807) is 66.7 Å². The topological polar surface area (TPSA) is 62.6 Å². The van der Waals surface area contributed by atoms with E-state index in [-0.39, 0.29) is 5.57 Å². The summed E-state index contributed by atoms with van der Waals surface area (Å²) in [5.41, 5.74) is 4.05. The molecule has 1 saturated heterocycles. The maximum Gasteiger partial charge on any atom is 0.343 e. The predicted octanol–water partition coefficient (Wildman–Crippen LogP) is 7.20. The Balaban J connectivity index is 1.68. The molecule has 1 aromatic heterocycles. The summed E-state index contributed by atoms with van der Waals surface area (Å²) in [5.74, 6) is -1.34. The Morgan fingerprint density at radius 2 is 1.11 bits per heavy atom. The second kappa shape index (κ2) is 9.95. The number of carbonyl (C=O) groups is 3. The standard InChI is InChI=1S/C29H21Br2N3O3/c1-18-24(26(31)19(2)32(18)23-15-13-20(30)14-16-23)17-25-27(35)33(21-9-5-3-6-10-21)29(37)34(28(25)36)22-11-7-4-8-12-22/h3-17H,1-2H3. The summed E-state index contributed by atoms with van der Waals surface area (Å²) in [7, 11) is 0. The quantitative estimate of drug-likeness (QED) is 0.179. The van der Waals surface area contributed by atoms with E-state index in [1.807, 2.05) is 38.1 Å². The van der Waals surface area contributed by atoms with E-state index in [2.05, 4.69) is 36.4 Å². The Morgan fingerprint density at radius 3 is 1.59 bits per heavy atom. The smallest absolute Gasteiger partial charge is 0.317 e. The molecule has 3 aromatic carbocycles. The van der Waals surface area contributed by atoms with E-state index in [1.165, 1.54) is 0 Å². The van der Waals surface area contributed by atoms with E-state index < -0.39 is 17.8 Å². The van der Waals surface area contributed by atoms with Gasteiger partial charge in [0.2, 0.25) is 0 Å². The van der Waals surface area contributed by atoms with Crippen LogP contribution in [-0.4, -0.2) is 22.4 Å². The molecule has 184 valence electrons. The highest BCUT2D eigenvalue weighted by Crippen LogP contribution is 2.35. The van der Waals surface area contributed by atoms with E-state index >= 15 is 0 Å². The van der Waals surface area contributed by atoms with Crippen LogP contribution in [0.15, 0.2) is 99.4 Å². The first-order chi connectivity index (χ1) is 17.8. The molecule has 2 heterocycles.